The normalized spacial score (nSPS) is 10.1. The lowest BCUT2D eigenvalue weighted by Gasteiger charge is -2.09. The van der Waals surface area contributed by atoms with Gasteiger partial charge in [0, 0.05) is 16.7 Å². The molecule has 0 spiro atoms. The van der Waals surface area contributed by atoms with Crippen molar-refractivity contribution >= 4 is 23.3 Å². The average Bonchev–Trinajstić information content (AvgIpc) is 2.47. The molecule has 5 nitrogen and oxygen atoms in total. The summed E-state index contributed by atoms with van der Waals surface area (Å²) in [4.78, 5) is 15.5. The van der Waals surface area contributed by atoms with Crippen molar-refractivity contribution in [2.45, 2.75) is 6.61 Å². The van der Waals surface area contributed by atoms with Gasteiger partial charge < -0.3 is 15.2 Å². The molecule has 0 aliphatic carbocycles. The number of hydrogen-bond donors (Lipinski definition) is 1. The van der Waals surface area contributed by atoms with E-state index in [2.05, 4.69) is 9.72 Å². The molecule has 1 heterocycles. The van der Waals surface area contributed by atoms with Gasteiger partial charge in [0.2, 0.25) is 5.88 Å². The second-order valence-electron chi connectivity index (χ2n) is 3.98. The number of anilines is 1. The Kier molecular flexibility index (Phi) is 4.42. The van der Waals surface area contributed by atoms with Crippen LogP contribution in [0.25, 0.3) is 0 Å². The van der Waals surface area contributed by atoms with Crippen molar-refractivity contribution in [2.24, 2.45) is 0 Å². The van der Waals surface area contributed by atoms with Gasteiger partial charge in [-0.1, -0.05) is 29.8 Å². The number of rotatable bonds is 4. The van der Waals surface area contributed by atoms with Gasteiger partial charge in [-0.05, 0) is 6.07 Å². The Bertz CT molecular complexity index is 632. The predicted molar refractivity (Wildman–Crippen MR) is 75.8 cm³/mol. The standard InChI is InChI=1S/C14H13ClN2O3/c1-19-14(18)10-6-13(17-7-12(10)16)20-8-9-4-2-3-5-11(9)15/h2-7H,8,16H2,1H3. The Morgan fingerprint density at radius 2 is 2.15 bits per heavy atom. The van der Waals surface area contributed by atoms with Crippen molar-refractivity contribution in [3.63, 3.8) is 0 Å². The number of hydrogen-bond acceptors (Lipinski definition) is 5. The maximum absolute atomic E-state index is 11.5. The molecule has 0 amide bonds. The first-order chi connectivity index (χ1) is 9.61. The minimum Gasteiger partial charge on any atom is -0.473 e. The highest BCUT2D eigenvalue weighted by Crippen LogP contribution is 2.20. The molecule has 0 bridgehead atoms. The highest BCUT2D eigenvalue weighted by Gasteiger charge is 2.12. The van der Waals surface area contributed by atoms with Crippen molar-refractivity contribution in [3.05, 3.63) is 52.7 Å². The molecule has 0 fully saturated rings. The number of pyridine rings is 1. The number of ether oxygens (including phenoxy) is 2. The summed E-state index contributed by atoms with van der Waals surface area (Å²) in [5, 5.41) is 0.608. The lowest BCUT2D eigenvalue weighted by molar-refractivity contribution is 0.0601. The molecule has 0 unspecified atom stereocenters. The molecule has 0 radical (unpaired) electrons. The summed E-state index contributed by atoms with van der Waals surface area (Å²) in [6, 6.07) is 8.76. The first-order valence-electron chi connectivity index (χ1n) is 5.82. The van der Waals surface area contributed by atoms with Crippen LogP contribution in [0.3, 0.4) is 0 Å². The van der Waals surface area contributed by atoms with Gasteiger partial charge in [0.1, 0.15) is 6.61 Å². The molecule has 2 N–H and O–H groups in total. The number of nitrogen functional groups attached to an aromatic ring is 1. The summed E-state index contributed by atoms with van der Waals surface area (Å²) in [5.74, 6) is -0.257. The molecular formula is C14H13ClN2O3. The predicted octanol–water partition coefficient (Wildman–Crippen LogP) is 2.68. The zero-order valence-electron chi connectivity index (χ0n) is 10.8. The van der Waals surface area contributed by atoms with Gasteiger partial charge >= 0.3 is 5.97 Å². The van der Waals surface area contributed by atoms with Crippen LogP contribution in [0.4, 0.5) is 5.69 Å². The summed E-state index contributed by atoms with van der Waals surface area (Å²) < 4.78 is 10.1. The molecule has 20 heavy (non-hydrogen) atoms. The third-order valence-corrected chi connectivity index (χ3v) is 3.02. The molecule has 2 rings (SSSR count). The van der Waals surface area contributed by atoms with Crippen molar-refractivity contribution in [1.29, 1.82) is 0 Å². The molecule has 1 aromatic heterocycles. The summed E-state index contributed by atoms with van der Waals surface area (Å²) >= 11 is 6.03. The van der Waals surface area contributed by atoms with E-state index in [1.165, 1.54) is 19.4 Å². The van der Waals surface area contributed by atoms with E-state index in [4.69, 9.17) is 22.1 Å². The number of aromatic nitrogens is 1. The van der Waals surface area contributed by atoms with Gasteiger partial charge in [-0.3, -0.25) is 0 Å². The summed E-state index contributed by atoms with van der Waals surface area (Å²) in [7, 11) is 1.28. The monoisotopic (exact) mass is 292 g/mol. The van der Waals surface area contributed by atoms with E-state index >= 15 is 0 Å². The van der Waals surface area contributed by atoms with Gasteiger partial charge in [-0.25, -0.2) is 9.78 Å². The van der Waals surface area contributed by atoms with Crippen LogP contribution in [-0.2, 0) is 11.3 Å². The van der Waals surface area contributed by atoms with Gasteiger partial charge in [-0.15, -0.1) is 0 Å². The van der Waals surface area contributed by atoms with Crippen molar-refractivity contribution in [1.82, 2.24) is 4.98 Å². The van der Waals surface area contributed by atoms with Gasteiger partial charge in [-0.2, -0.15) is 0 Å². The maximum Gasteiger partial charge on any atom is 0.340 e. The topological polar surface area (TPSA) is 74.4 Å². The van der Waals surface area contributed by atoms with E-state index in [9.17, 15) is 4.79 Å². The van der Waals surface area contributed by atoms with Crippen LogP contribution in [0.1, 0.15) is 15.9 Å². The van der Waals surface area contributed by atoms with E-state index in [1.54, 1.807) is 6.07 Å². The molecule has 1 aromatic carbocycles. The number of nitrogens with two attached hydrogens (primary N) is 1. The van der Waals surface area contributed by atoms with Crippen LogP contribution in [0, 0.1) is 0 Å². The highest BCUT2D eigenvalue weighted by atomic mass is 35.5. The fraction of sp³-hybridized carbons (Fsp3) is 0.143. The van der Waals surface area contributed by atoms with Gasteiger partial charge in [0.15, 0.2) is 0 Å². The van der Waals surface area contributed by atoms with Crippen LogP contribution in [0.5, 0.6) is 5.88 Å². The Labute approximate surface area is 121 Å². The van der Waals surface area contributed by atoms with Crippen molar-refractivity contribution < 1.29 is 14.3 Å². The third-order valence-electron chi connectivity index (χ3n) is 2.65. The molecule has 0 saturated carbocycles. The van der Waals surface area contributed by atoms with Crippen LogP contribution in [-0.4, -0.2) is 18.1 Å². The van der Waals surface area contributed by atoms with E-state index < -0.39 is 5.97 Å². The molecule has 0 atom stereocenters. The lowest BCUT2D eigenvalue weighted by Crippen LogP contribution is -2.07. The number of esters is 1. The number of halogens is 1. The van der Waals surface area contributed by atoms with Crippen LogP contribution in [0.15, 0.2) is 36.5 Å². The number of methoxy groups -OCH3 is 1. The first kappa shape index (κ1) is 14.1. The molecule has 104 valence electrons. The van der Waals surface area contributed by atoms with Gasteiger partial charge in [0.05, 0.1) is 24.6 Å². The molecule has 2 aromatic rings. The fourth-order valence-corrected chi connectivity index (χ4v) is 1.77. The Morgan fingerprint density at radius 1 is 1.40 bits per heavy atom. The third kappa shape index (κ3) is 3.19. The second kappa shape index (κ2) is 6.25. The summed E-state index contributed by atoms with van der Waals surface area (Å²) in [6.07, 6.45) is 1.36. The Hall–Kier alpha value is -2.27. The van der Waals surface area contributed by atoms with E-state index in [0.717, 1.165) is 5.56 Å². The van der Waals surface area contributed by atoms with E-state index in [-0.39, 0.29) is 23.7 Å². The highest BCUT2D eigenvalue weighted by molar-refractivity contribution is 6.31. The zero-order chi connectivity index (χ0) is 14.5. The molecule has 0 aliphatic rings. The summed E-state index contributed by atoms with van der Waals surface area (Å²) in [6.45, 7) is 0.247. The minimum atomic E-state index is -0.535. The van der Waals surface area contributed by atoms with Crippen LogP contribution >= 0.6 is 11.6 Å². The van der Waals surface area contributed by atoms with E-state index in [0.29, 0.717) is 5.02 Å². The van der Waals surface area contributed by atoms with Crippen molar-refractivity contribution in [2.75, 3.05) is 12.8 Å². The Balaban J connectivity index is 2.14. The number of benzene rings is 1. The zero-order valence-corrected chi connectivity index (χ0v) is 11.6. The number of carbonyl (C=O) groups is 1. The molecule has 0 aliphatic heterocycles. The Morgan fingerprint density at radius 3 is 2.85 bits per heavy atom. The average molecular weight is 293 g/mol. The largest absolute Gasteiger partial charge is 0.473 e. The fourth-order valence-electron chi connectivity index (χ4n) is 1.58. The van der Waals surface area contributed by atoms with Crippen molar-refractivity contribution in [3.8, 4) is 5.88 Å². The van der Waals surface area contributed by atoms with Crippen LogP contribution < -0.4 is 10.5 Å². The number of carbonyl (C=O) groups excluding carboxylic acids is 1. The molecular weight excluding hydrogens is 280 g/mol. The molecule has 0 saturated heterocycles. The molecule has 6 heteroatoms. The quantitative estimate of drug-likeness (QED) is 0.877. The first-order valence-corrected chi connectivity index (χ1v) is 6.19. The smallest absolute Gasteiger partial charge is 0.340 e. The lowest BCUT2D eigenvalue weighted by atomic mass is 10.2. The second-order valence-corrected chi connectivity index (χ2v) is 4.39. The maximum atomic E-state index is 11.5. The van der Waals surface area contributed by atoms with E-state index in [1.807, 2.05) is 18.2 Å². The summed E-state index contributed by atoms with van der Waals surface area (Å²) in [5.41, 5.74) is 6.94. The number of nitrogens with zero attached hydrogens (tertiary/aromatic N) is 1. The SMILES string of the molecule is COC(=O)c1cc(OCc2ccccc2Cl)ncc1N. The van der Waals surface area contributed by atoms with Gasteiger partial charge in [0.25, 0.3) is 0 Å². The van der Waals surface area contributed by atoms with Crippen LogP contribution in [0.2, 0.25) is 5.02 Å². The minimum absolute atomic E-state index is 0.219.